The average Bonchev–Trinajstić information content (AvgIpc) is 2.41. The van der Waals surface area contributed by atoms with Gasteiger partial charge in [-0.3, -0.25) is 9.59 Å². The molecule has 0 aromatic carbocycles. The minimum absolute atomic E-state index is 0.251. The second-order valence-corrected chi connectivity index (χ2v) is 5.90. The number of aromatic amines is 1. The monoisotopic (exact) mass is 342 g/mol. The van der Waals surface area contributed by atoms with E-state index in [4.69, 9.17) is 0 Å². The predicted molar refractivity (Wildman–Crippen MR) is 75.6 cm³/mol. The minimum atomic E-state index is -0.992. The molecule has 2 N–H and O–H groups in total. The van der Waals surface area contributed by atoms with Gasteiger partial charge in [-0.05, 0) is 40.8 Å². The predicted octanol–water partition coefficient (Wildman–Crippen LogP) is 1.46. The fraction of sp³-hybridized carbons (Fsp3) is 0.462. The normalized spacial score (nSPS) is 22.6. The Morgan fingerprint density at radius 3 is 2.80 bits per heavy atom. The molecule has 20 heavy (non-hydrogen) atoms. The first-order valence-electron chi connectivity index (χ1n) is 6.32. The summed E-state index contributed by atoms with van der Waals surface area (Å²) in [6.07, 6.45) is 2.54. The lowest BCUT2D eigenvalue weighted by Gasteiger charge is -2.36. The highest BCUT2D eigenvalue weighted by molar-refractivity contribution is 9.10. The van der Waals surface area contributed by atoms with E-state index in [2.05, 4.69) is 20.9 Å². The van der Waals surface area contributed by atoms with Crippen LogP contribution in [0.1, 0.15) is 30.1 Å². The molecule has 0 spiro atoms. The molecule has 1 fully saturated rings. The van der Waals surface area contributed by atoms with Crippen LogP contribution in [0.25, 0.3) is 0 Å². The number of carboxylic acids is 1. The fourth-order valence-corrected chi connectivity index (χ4v) is 2.73. The molecule has 0 radical (unpaired) electrons. The van der Waals surface area contributed by atoms with Gasteiger partial charge in [0.2, 0.25) is 0 Å². The largest absolute Gasteiger partial charge is 0.480 e. The number of carbonyl (C=O) groups is 2. The van der Waals surface area contributed by atoms with E-state index >= 15 is 0 Å². The van der Waals surface area contributed by atoms with E-state index in [1.165, 1.54) is 17.2 Å². The van der Waals surface area contributed by atoms with Crippen molar-refractivity contribution in [2.45, 2.75) is 25.8 Å². The molecule has 7 heteroatoms. The summed E-state index contributed by atoms with van der Waals surface area (Å²) < 4.78 is 0.251. The molecule has 1 amide bonds. The van der Waals surface area contributed by atoms with Gasteiger partial charge in [-0.15, -0.1) is 0 Å². The molecule has 2 heterocycles. The number of halogens is 1. The Labute approximate surface area is 123 Å². The van der Waals surface area contributed by atoms with E-state index in [1.54, 1.807) is 0 Å². The maximum Gasteiger partial charge on any atom is 0.326 e. The minimum Gasteiger partial charge on any atom is -0.480 e. The number of H-pyrrole nitrogens is 1. The highest BCUT2D eigenvalue weighted by Gasteiger charge is 2.35. The van der Waals surface area contributed by atoms with Crippen molar-refractivity contribution < 1.29 is 14.7 Å². The van der Waals surface area contributed by atoms with Crippen LogP contribution in [0.15, 0.2) is 21.5 Å². The van der Waals surface area contributed by atoms with Gasteiger partial charge in [0, 0.05) is 12.7 Å². The maximum absolute atomic E-state index is 12.4. The number of carboxylic acid groups (broad SMARTS) is 1. The van der Waals surface area contributed by atoms with Crippen LogP contribution in [0.4, 0.5) is 0 Å². The number of piperidine rings is 1. The Morgan fingerprint density at radius 1 is 1.50 bits per heavy atom. The van der Waals surface area contributed by atoms with Crippen LogP contribution < -0.4 is 5.56 Å². The van der Waals surface area contributed by atoms with Gasteiger partial charge in [0.05, 0.1) is 10.0 Å². The first kappa shape index (κ1) is 14.8. The van der Waals surface area contributed by atoms with Gasteiger partial charge < -0.3 is 15.0 Å². The van der Waals surface area contributed by atoms with Crippen molar-refractivity contribution in [3.8, 4) is 0 Å². The third-order valence-electron chi connectivity index (χ3n) is 3.52. The number of carbonyl (C=O) groups excluding carboxylic acids is 1. The molecule has 2 unspecified atom stereocenters. The van der Waals surface area contributed by atoms with Gasteiger partial charge in [-0.25, -0.2) is 4.79 Å². The van der Waals surface area contributed by atoms with Gasteiger partial charge in [0.25, 0.3) is 11.5 Å². The maximum atomic E-state index is 12.4. The zero-order valence-electron chi connectivity index (χ0n) is 10.9. The van der Waals surface area contributed by atoms with Gasteiger partial charge in [0.15, 0.2) is 0 Å². The number of likely N-dealkylation sites (tertiary alicyclic amines) is 1. The lowest BCUT2D eigenvalue weighted by atomic mass is 9.92. The van der Waals surface area contributed by atoms with Crippen LogP contribution in [-0.4, -0.2) is 39.5 Å². The van der Waals surface area contributed by atoms with Gasteiger partial charge in [-0.1, -0.05) is 6.92 Å². The number of aromatic nitrogens is 1. The molecule has 1 saturated heterocycles. The lowest BCUT2D eigenvalue weighted by molar-refractivity contribution is -0.144. The SMILES string of the molecule is CC1CCN(C(=O)c2c[nH]c(=O)c(Br)c2)C(C(=O)O)C1. The van der Waals surface area contributed by atoms with Gasteiger partial charge >= 0.3 is 5.97 Å². The zero-order chi connectivity index (χ0) is 14.9. The number of nitrogens with one attached hydrogen (secondary N) is 1. The van der Waals surface area contributed by atoms with Crippen LogP contribution in [0.2, 0.25) is 0 Å². The first-order valence-corrected chi connectivity index (χ1v) is 7.11. The highest BCUT2D eigenvalue weighted by Crippen LogP contribution is 2.24. The van der Waals surface area contributed by atoms with Crippen molar-refractivity contribution in [3.63, 3.8) is 0 Å². The molecule has 108 valence electrons. The van der Waals surface area contributed by atoms with E-state index in [0.29, 0.717) is 13.0 Å². The zero-order valence-corrected chi connectivity index (χ0v) is 12.5. The molecule has 0 bridgehead atoms. The van der Waals surface area contributed by atoms with Gasteiger partial charge in [-0.2, -0.15) is 0 Å². The van der Waals surface area contributed by atoms with E-state index in [1.807, 2.05) is 6.92 Å². The Kier molecular flexibility index (Phi) is 4.27. The van der Waals surface area contributed by atoms with Crippen molar-refractivity contribution in [1.29, 1.82) is 0 Å². The molecule has 1 aromatic rings. The number of rotatable bonds is 2. The second kappa shape index (κ2) is 5.78. The van der Waals surface area contributed by atoms with Crippen LogP contribution in [0, 0.1) is 5.92 Å². The van der Waals surface area contributed by atoms with E-state index < -0.39 is 12.0 Å². The van der Waals surface area contributed by atoms with Crippen molar-refractivity contribution >= 4 is 27.8 Å². The molecule has 1 aliphatic heterocycles. The van der Waals surface area contributed by atoms with Crippen LogP contribution in [0.5, 0.6) is 0 Å². The van der Waals surface area contributed by atoms with E-state index in [0.717, 1.165) is 6.42 Å². The third kappa shape index (κ3) is 2.92. The molecular weight excluding hydrogens is 328 g/mol. The van der Waals surface area contributed by atoms with E-state index in [-0.39, 0.29) is 27.4 Å². The van der Waals surface area contributed by atoms with Crippen molar-refractivity contribution in [2.24, 2.45) is 5.92 Å². The summed E-state index contributed by atoms with van der Waals surface area (Å²) in [7, 11) is 0. The van der Waals surface area contributed by atoms with Crippen LogP contribution in [0.3, 0.4) is 0 Å². The van der Waals surface area contributed by atoms with Crippen molar-refractivity contribution in [1.82, 2.24) is 9.88 Å². The Morgan fingerprint density at radius 2 is 2.20 bits per heavy atom. The smallest absolute Gasteiger partial charge is 0.326 e. The molecule has 0 saturated carbocycles. The molecule has 0 aliphatic carbocycles. The number of hydrogen-bond acceptors (Lipinski definition) is 3. The summed E-state index contributed by atoms with van der Waals surface area (Å²) in [5.41, 5.74) is -0.0547. The highest BCUT2D eigenvalue weighted by atomic mass is 79.9. The lowest BCUT2D eigenvalue weighted by Crippen LogP contribution is -2.49. The molecular formula is C13H15BrN2O4. The topological polar surface area (TPSA) is 90.5 Å². The summed E-state index contributed by atoms with van der Waals surface area (Å²) in [6.45, 7) is 2.39. The molecule has 6 nitrogen and oxygen atoms in total. The first-order chi connectivity index (χ1) is 9.40. The van der Waals surface area contributed by atoms with Crippen LogP contribution in [-0.2, 0) is 4.79 Å². The van der Waals surface area contributed by atoms with Crippen LogP contribution >= 0.6 is 15.9 Å². The van der Waals surface area contributed by atoms with E-state index in [9.17, 15) is 19.5 Å². The van der Waals surface area contributed by atoms with Crippen molar-refractivity contribution in [2.75, 3.05) is 6.54 Å². The summed E-state index contributed by atoms with van der Waals surface area (Å²) in [5.74, 6) is -1.09. The number of amides is 1. The summed E-state index contributed by atoms with van der Waals surface area (Å²) in [4.78, 5) is 38.8. The molecule has 2 rings (SSSR count). The Balaban J connectivity index is 2.28. The summed E-state index contributed by atoms with van der Waals surface area (Å²) >= 11 is 3.06. The summed E-state index contributed by atoms with van der Waals surface area (Å²) in [5, 5.41) is 9.26. The quantitative estimate of drug-likeness (QED) is 0.851. The number of hydrogen-bond donors (Lipinski definition) is 2. The summed E-state index contributed by atoms with van der Waals surface area (Å²) in [6, 6.07) is 0.606. The standard InChI is InChI=1S/C13H15BrN2O4/c1-7-2-3-16(10(4-7)13(19)20)12(18)8-5-9(14)11(17)15-6-8/h5-7,10H,2-4H2,1H3,(H,15,17)(H,19,20). The van der Waals surface area contributed by atoms with Gasteiger partial charge in [0.1, 0.15) is 6.04 Å². The van der Waals surface area contributed by atoms with Crippen molar-refractivity contribution in [3.05, 3.63) is 32.7 Å². The molecule has 2 atom stereocenters. The number of pyridine rings is 1. The average molecular weight is 343 g/mol. The molecule has 1 aromatic heterocycles. The Hall–Kier alpha value is -1.63. The third-order valence-corrected chi connectivity index (χ3v) is 4.10. The fourth-order valence-electron chi connectivity index (χ4n) is 2.36. The Bertz CT molecular complexity index is 598. The second-order valence-electron chi connectivity index (χ2n) is 5.05. The number of aliphatic carboxylic acids is 1. The number of nitrogens with zero attached hydrogens (tertiary/aromatic N) is 1. The molecule has 1 aliphatic rings.